The number of benzene rings is 1. The van der Waals surface area contributed by atoms with Crippen molar-refractivity contribution >= 4 is 17.4 Å². The topological polar surface area (TPSA) is 36.4 Å². The molecule has 0 aliphatic carbocycles. The minimum Gasteiger partial charge on any atom is -0.362 e. The zero-order chi connectivity index (χ0) is 15.6. The highest BCUT2D eigenvalue weighted by atomic mass is 16.2. The molecule has 0 fully saturated rings. The maximum atomic E-state index is 12.8. The molecule has 0 saturated carbocycles. The van der Waals surface area contributed by atoms with Crippen LogP contribution >= 0.6 is 0 Å². The van der Waals surface area contributed by atoms with E-state index in [9.17, 15) is 4.79 Å². The minimum atomic E-state index is -0.0567. The summed E-state index contributed by atoms with van der Waals surface area (Å²) in [4.78, 5) is 20.6. The summed E-state index contributed by atoms with van der Waals surface area (Å²) in [5, 5.41) is 0. The highest BCUT2D eigenvalue weighted by Crippen LogP contribution is 2.24. The molecule has 0 radical (unpaired) electrons. The van der Waals surface area contributed by atoms with Gasteiger partial charge in [0.1, 0.15) is 5.82 Å². The lowest BCUT2D eigenvalue weighted by atomic mass is 10.1. The normalized spacial score (nSPS) is 10.3. The first kappa shape index (κ1) is 15.0. The van der Waals surface area contributed by atoms with Gasteiger partial charge in [0.25, 0.3) is 5.91 Å². The van der Waals surface area contributed by atoms with Crippen molar-refractivity contribution in [2.24, 2.45) is 0 Å². The quantitative estimate of drug-likeness (QED) is 0.868. The van der Waals surface area contributed by atoms with Gasteiger partial charge in [-0.25, -0.2) is 4.98 Å². The Balaban J connectivity index is 2.40. The highest BCUT2D eigenvalue weighted by Gasteiger charge is 2.19. The summed E-state index contributed by atoms with van der Waals surface area (Å²) < 4.78 is 0. The number of hydrogen-bond donors (Lipinski definition) is 0. The van der Waals surface area contributed by atoms with E-state index in [1.54, 1.807) is 24.2 Å². The molecule has 1 amide bonds. The first-order chi connectivity index (χ1) is 9.91. The molecular weight excluding hydrogens is 262 g/mol. The van der Waals surface area contributed by atoms with E-state index in [-0.39, 0.29) is 5.91 Å². The lowest BCUT2D eigenvalue weighted by Crippen LogP contribution is -2.29. The van der Waals surface area contributed by atoms with E-state index in [4.69, 9.17) is 0 Å². The molecule has 0 spiro atoms. The number of hydrogen-bond acceptors (Lipinski definition) is 3. The molecule has 4 nitrogen and oxygen atoms in total. The fourth-order valence-electron chi connectivity index (χ4n) is 2.39. The van der Waals surface area contributed by atoms with Gasteiger partial charge in [-0.2, -0.15) is 0 Å². The van der Waals surface area contributed by atoms with E-state index in [1.807, 2.05) is 51.0 Å². The van der Waals surface area contributed by atoms with Crippen molar-refractivity contribution in [1.82, 2.24) is 4.98 Å². The van der Waals surface area contributed by atoms with Crippen molar-refractivity contribution in [3.63, 3.8) is 0 Å². The second-order valence-electron chi connectivity index (χ2n) is 5.42. The molecule has 0 atom stereocenters. The van der Waals surface area contributed by atoms with Crippen molar-refractivity contribution in [2.45, 2.75) is 13.8 Å². The number of aromatic nitrogens is 1. The summed E-state index contributed by atoms with van der Waals surface area (Å²) in [7, 11) is 5.57. The van der Waals surface area contributed by atoms with E-state index in [2.05, 4.69) is 11.1 Å². The molecule has 0 unspecified atom stereocenters. The first-order valence-electron chi connectivity index (χ1n) is 6.89. The number of pyridine rings is 1. The number of amides is 1. The molecule has 110 valence electrons. The van der Waals surface area contributed by atoms with Crippen LogP contribution in [0.2, 0.25) is 0 Å². The molecule has 2 rings (SSSR count). The monoisotopic (exact) mass is 283 g/mol. The van der Waals surface area contributed by atoms with Crippen LogP contribution in [0.1, 0.15) is 21.5 Å². The summed E-state index contributed by atoms with van der Waals surface area (Å²) in [6.45, 7) is 4.06. The van der Waals surface area contributed by atoms with Crippen LogP contribution in [0, 0.1) is 13.8 Å². The smallest absolute Gasteiger partial charge is 0.261 e. The molecule has 1 aromatic heterocycles. The molecule has 0 N–H and O–H groups in total. The Morgan fingerprint density at radius 1 is 1.10 bits per heavy atom. The van der Waals surface area contributed by atoms with Gasteiger partial charge in [-0.3, -0.25) is 4.79 Å². The lowest BCUT2D eigenvalue weighted by molar-refractivity contribution is 0.0993. The number of anilines is 2. The van der Waals surface area contributed by atoms with Crippen LogP contribution in [0.25, 0.3) is 0 Å². The van der Waals surface area contributed by atoms with Crippen LogP contribution in [-0.4, -0.2) is 32.0 Å². The van der Waals surface area contributed by atoms with Crippen molar-refractivity contribution in [1.29, 1.82) is 0 Å². The zero-order valence-electron chi connectivity index (χ0n) is 13.2. The summed E-state index contributed by atoms with van der Waals surface area (Å²) in [5.74, 6) is 0.623. The van der Waals surface area contributed by atoms with E-state index in [1.165, 1.54) is 5.56 Å². The number of carbonyl (C=O) groups excluding carboxylic acids is 1. The summed E-state index contributed by atoms with van der Waals surface area (Å²) in [5.41, 5.74) is 3.79. The molecule has 0 aliphatic heterocycles. The Morgan fingerprint density at radius 2 is 1.81 bits per heavy atom. The SMILES string of the molecule is Cc1ccc(N(C)C(=O)c2cccnc2N(C)C)c(C)c1. The zero-order valence-corrected chi connectivity index (χ0v) is 13.2. The third-order valence-electron chi connectivity index (χ3n) is 3.46. The molecule has 2 aromatic rings. The largest absolute Gasteiger partial charge is 0.362 e. The highest BCUT2D eigenvalue weighted by molar-refractivity contribution is 6.09. The van der Waals surface area contributed by atoms with Crippen molar-refractivity contribution in [2.75, 3.05) is 30.9 Å². The maximum Gasteiger partial charge on any atom is 0.261 e. The van der Waals surface area contributed by atoms with Gasteiger partial charge < -0.3 is 9.80 Å². The predicted molar refractivity (Wildman–Crippen MR) is 87.2 cm³/mol. The maximum absolute atomic E-state index is 12.8. The minimum absolute atomic E-state index is 0.0567. The van der Waals surface area contributed by atoms with Crippen LogP contribution in [0.3, 0.4) is 0 Å². The average molecular weight is 283 g/mol. The molecule has 0 saturated heterocycles. The van der Waals surface area contributed by atoms with Crippen molar-refractivity contribution in [3.05, 3.63) is 53.2 Å². The summed E-state index contributed by atoms with van der Waals surface area (Å²) >= 11 is 0. The molecule has 0 aliphatic rings. The second-order valence-corrected chi connectivity index (χ2v) is 5.42. The summed E-state index contributed by atoms with van der Waals surface area (Å²) in [6, 6.07) is 9.67. The lowest BCUT2D eigenvalue weighted by Gasteiger charge is -2.22. The molecule has 1 heterocycles. The third-order valence-corrected chi connectivity index (χ3v) is 3.46. The fourth-order valence-corrected chi connectivity index (χ4v) is 2.39. The molecule has 21 heavy (non-hydrogen) atoms. The van der Waals surface area contributed by atoms with Gasteiger partial charge in [0.05, 0.1) is 5.56 Å². The van der Waals surface area contributed by atoms with Gasteiger partial charge in [0.15, 0.2) is 0 Å². The van der Waals surface area contributed by atoms with Crippen LogP contribution < -0.4 is 9.80 Å². The molecular formula is C17H21N3O. The van der Waals surface area contributed by atoms with Gasteiger partial charge in [-0.15, -0.1) is 0 Å². The number of rotatable bonds is 3. The van der Waals surface area contributed by atoms with Crippen LogP contribution in [0.15, 0.2) is 36.5 Å². The Hall–Kier alpha value is -2.36. The van der Waals surface area contributed by atoms with Gasteiger partial charge in [0.2, 0.25) is 0 Å². The summed E-state index contributed by atoms with van der Waals surface area (Å²) in [6.07, 6.45) is 1.70. The molecule has 1 aromatic carbocycles. The van der Waals surface area contributed by atoms with E-state index >= 15 is 0 Å². The Morgan fingerprint density at radius 3 is 2.43 bits per heavy atom. The van der Waals surface area contributed by atoms with Gasteiger partial charge in [0, 0.05) is 33.0 Å². The van der Waals surface area contributed by atoms with Crippen molar-refractivity contribution < 1.29 is 4.79 Å². The third kappa shape index (κ3) is 3.05. The van der Waals surface area contributed by atoms with Crippen LogP contribution in [0.5, 0.6) is 0 Å². The second kappa shape index (κ2) is 5.95. The van der Waals surface area contributed by atoms with Crippen molar-refractivity contribution in [3.8, 4) is 0 Å². The number of carbonyl (C=O) groups is 1. The van der Waals surface area contributed by atoms with Crippen LogP contribution in [0.4, 0.5) is 11.5 Å². The standard InChI is InChI=1S/C17H21N3O/c1-12-8-9-15(13(2)11-12)20(5)17(21)14-7-6-10-18-16(14)19(3)4/h6-11H,1-5H3. The predicted octanol–water partition coefficient (Wildman–Crippen LogP) is 3.04. The van der Waals surface area contributed by atoms with E-state index in [0.29, 0.717) is 11.4 Å². The Kier molecular flexibility index (Phi) is 4.26. The van der Waals surface area contributed by atoms with E-state index < -0.39 is 0 Å². The fraction of sp³-hybridized carbons (Fsp3) is 0.294. The molecule has 0 bridgehead atoms. The van der Waals surface area contributed by atoms with Crippen LogP contribution in [-0.2, 0) is 0 Å². The Labute approximate surface area is 126 Å². The molecule has 4 heteroatoms. The number of nitrogens with zero attached hydrogens (tertiary/aromatic N) is 3. The van der Waals surface area contributed by atoms with E-state index in [0.717, 1.165) is 11.3 Å². The average Bonchev–Trinajstić information content (AvgIpc) is 2.45. The van der Waals surface area contributed by atoms with Gasteiger partial charge in [-0.05, 0) is 37.6 Å². The van der Waals surface area contributed by atoms with Gasteiger partial charge in [-0.1, -0.05) is 17.7 Å². The van der Waals surface area contributed by atoms with Gasteiger partial charge >= 0.3 is 0 Å². The Bertz CT molecular complexity index is 665. The number of aryl methyl sites for hydroxylation is 2. The first-order valence-corrected chi connectivity index (χ1v) is 6.89.